The highest BCUT2D eigenvalue weighted by Gasteiger charge is 2.48. The third-order valence-electron chi connectivity index (χ3n) is 10.3. The largest absolute Gasteiger partial charge is 0.308 e. The first kappa shape index (κ1) is 28.1. The van der Waals surface area contributed by atoms with Crippen LogP contribution in [-0.2, 0) is 5.41 Å². The van der Waals surface area contributed by atoms with Crippen molar-refractivity contribution in [3.8, 4) is 11.1 Å². The van der Waals surface area contributed by atoms with Gasteiger partial charge in [0.2, 0.25) is 0 Å². The van der Waals surface area contributed by atoms with E-state index in [-0.39, 0.29) is 0 Å². The van der Waals surface area contributed by atoms with Crippen LogP contribution in [0.15, 0.2) is 188 Å². The summed E-state index contributed by atoms with van der Waals surface area (Å²) in [6, 6.07) is 69.2. The lowest BCUT2D eigenvalue weighted by atomic mass is 9.66. The van der Waals surface area contributed by atoms with Crippen molar-refractivity contribution in [2.45, 2.75) is 5.41 Å². The molecule has 0 saturated heterocycles. The van der Waals surface area contributed by atoms with Gasteiger partial charge in [-0.05, 0) is 68.9 Å². The predicted octanol–water partition coefficient (Wildman–Crippen LogP) is 13.0. The van der Waals surface area contributed by atoms with E-state index in [9.17, 15) is 0 Å². The highest BCUT2D eigenvalue weighted by molar-refractivity contribution is 7.26. The number of thiophene rings is 1. The van der Waals surface area contributed by atoms with Gasteiger partial charge in [0.05, 0.1) is 21.5 Å². The molecule has 2 heteroatoms. The molecule has 1 heterocycles. The van der Waals surface area contributed by atoms with Crippen LogP contribution in [0, 0.1) is 0 Å². The predicted molar refractivity (Wildman–Crippen MR) is 209 cm³/mol. The summed E-state index contributed by atoms with van der Waals surface area (Å²) in [6.07, 6.45) is 0. The van der Waals surface area contributed by atoms with Gasteiger partial charge in [-0.15, -0.1) is 11.3 Å². The minimum Gasteiger partial charge on any atom is -0.308 e. The molecule has 10 rings (SSSR count). The highest BCUT2D eigenvalue weighted by Crippen LogP contribution is 2.62. The van der Waals surface area contributed by atoms with Crippen LogP contribution < -0.4 is 4.90 Å². The van der Waals surface area contributed by atoms with Gasteiger partial charge < -0.3 is 4.90 Å². The maximum absolute atomic E-state index is 2.52. The molecule has 230 valence electrons. The zero-order valence-corrected chi connectivity index (χ0v) is 27.6. The van der Waals surface area contributed by atoms with Crippen molar-refractivity contribution in [1.29, 1.82) is 0 Å². The molecule has 9 aromatic rings. The standard InChI is InChI=1S/C47H31NS/c1-4-18-33(19-5-1)47(34-20-6-2-7-21-34)40-28-14-12-26-39(40)44-42(31-32-17-10-11-24-36(32)45(44)47)48(35-22-8-3-9-23-35)41-29-16-27-38-37-25-13-15-30-43(37)49-46(38)41/h1-31H. The Morgan fingerprint density at radius 2 is 1.04 bits per heavy atom. The van der Waals surface area contributed by atoms with Crippen molar-refractivity contribution in [2.24, 2.45) is 0 Å². The molecule has 0 fully saturated rings. The summed E-state index contributed by atoms with van der Waals surface area (Å²) in [6.45, 7) is 0. The monoisotopic (exact) mass is 641 g/mol. The van der Waals surface area contributed by atoms with Crippen LogP contribution in [0.1, 0.15) is 22.3 Å². The van der Waals surface area contributed by atoms with Gasteiger partial charge in [0.1, 0.15) is 0 Å². The second kappa shape index (κ2) is 11.1. The summed E-state index contributed by atoms with van der Waals surface area (Å²) >= 11 is 1.88. The van der Waals surface area contributed by atoms with Crippen molar-refractivity contribution in [3.05, 3.63) is 210 Å². The molecule has 0 radical (unpaired) electrons. The summed E-state index contributed by atoms with van der Waals surface area (Å²) in [5.74, 6) is 0. The zero-order valence-electron chi connectivity index (χ0n) is 26.8. The van der Waals surface area contributed by atoms with E-state index in [1.54, 1.807) is 0 Å². The number of hydrogen-bond donors (Lipinski definition) is 0. The fraction of sp³-hybridized carbons (Fsp3) is 0.0213. The van der Waals surface area contributed by atoms with Crippen LogP contribution in [0.5, 0.6) is 0 Å². The van der Waals surface area contributed by atoms with Crippen LogP contribution >= 0.6 is 11.3 Å². The first-order valence-electron chi connectivity index (χ1n) is 16.9. The Labute approximate surface area is 290 Å². The third-order valence-corrected chi connectivity index (χ3v) is 11.5. The normalized spacial score (nSPS) is 13.1. The molecule has 1 aliphatic rings. The molecule has 0 atom stereocenters. The number of fused-ring (bicyclic) bond motifs is 8. The van der Waals surface area contributed by atoms with Gasteiger partial charge in [0.15, 0.2) is 0 Å². The molecule has 1 aliphatic carbocycles. The number of rotatable bonds is 5. The van der Waals surface area contributed by atoms with E-state index >= 15 is 0 Å². The smallest absolute Gasteiger partial charge is 0.0720 e. The molecule has 0 spiro atoms. The highest BCUT2D eigenvalue weighted by atomic mass is 32.1. The fourth-order valence-electron chi connectivity index (χ4n) is 8.37. The van der Waals surface area contributed by atoms with Crippen molar-refractivity contribution in [3.63, 3.8) is 0 Å². The summed E-state index contributed by atoms with van der Waals surface area (Å²) in [5.41, 5.74) is 10.7. The zero-order chi connectivity index (χ0) is 32.4. The second-order valence-corrected chi connectivity index (χ2v) is 13.9. The molecule has 49 heavy (non-hydrogen) atoms. The Morgan fingerprint density at radius 1 is 0.449 bits per heavy atom. The topological polar surface area (TPSA) is 3.24 Å². The van der Waals surface area contributed by atoms with Crippen molar-refractivity contribution >= 4 is 59.3 Å². The summed E-state index contributed by atoms with van der Waals surface area (Å²) in [4.78, 5) is 2.52. The molecule has 8 aromatic carbocycles. The third kappa shape index (κ3) is 4.05. The first-order valence-corrected chi connectivity index (χ1v) is 17.7. The van der Waals surface area contributed by atoms with Gasteiger partial charge in [-0.1, -0.05) is 158 Å². The second-order valence-electron chi connectivity index (χ2n) is 12.8. The van der Waals surface area contributed by atoms with Gasteiger partial charge in [-0.2, -0.15) is 0 Å². The van der Waals surface area contributed by atoms with Gasteiger partial charge in [0, 0.05) is 26.7 Å². The molecular formula is C47H31NS. The van der Waals surface area contributed by atoms with E-state index in [0.29, 0.717) is 0 Å². The lowest BCUT2D eigenvalue weighted by molar-refractivity contribution is 0.775. The maximum Gasteiger partial charge on any atom is 0.0720 e. The minimum absolute atomic E-state index is 0.518. The van der Waals surface area contributed by atoms with E-state index in [1.165, 1.54) is 75.7 Å². The Bertz CT molecular complexity index is 2620. The van der Waals surface area contributed by atoms with Gasteiger partial charge in [0.25, 0.3) is 0 Å². The van der Waals surface area contributed by atoms with Gasteiger partial charge in [-0.3, -0.25) is 0 Å². The SMILES string of the molecule is c1ccc(N(c2cc3ccccc3c3c2-c2ccccc2C3(c2ccccc2)c2ccccc2)c2cccc3c2sc2ccccc23)cc1. The van der Waals surface area contributed by atoms with Crippen LogP contribution in [0.3, 0.4) is 0 Å². The van der Waals surface area contributed by atoms with E-state index in [2.05, 4.69) is 193 Å². The molecule has 0 aliphatic heterocycles. The van der Waals surface area contributed by atoms with E-state index < -0.39 is 5.41 Å². The van der Waals surface area contributed by atoms with Gasteiger partial charge >= 0.3 is 0 Å². The Kier molecular flexibility index (Phi) is 6.34. The van der Waals surface area contributed by atoms with E-state index in [0.717, 1.165) is 5.69 Å². The lowest BCUT2D eigenvalue weighted by Crippen LogP contribution is -2.29. The number of para-hydroxylation sites is 1. The summed E-state index contributed by atoms with van der Waals surface area (Å²) in [7, 11) is 0. The van der Waals surface area contributed by atoms with Crippen molar-refractivity contribution in [2.75, 3.05) is 4.90 Å². The fourth-order valence-corrected chi connectivity index (χ4v) is 9.58. The summed E-state index contributed by atoms with van der Waals surface area (Å²) in [5, 5.41) is 5.10. The van der Waals surface area contributed by atoms with E-state index in [4.69, 9.17) is 0 Å². The average molecular weight is 642 g/mol. The minimum atomic E-state index is -0.518. The first-order chi connectivity index (χ1) is 24.3. The average Bonchev–Trinajstić information content (AvgIpc) is 3.72. The number of anilines is 3. The van der Waals surface area contributed by atoms with E-state index in [1.807, 2.05) is 11.3 Å². The molecular weight excluding hydrogens is 611 g/mol. The number of nitrogens with zero attached hydrogens (tertiary/aromatic N) is 1. The molecule has 0 bridgehead atoms. The quantitative estimate of drug-likeness (QED) is 0.181. The maximum atomic E-state index is 2.52. The molecule has 0 N–H and O–H groups in total. The Balaban J connectivity index is 1.40. The molecule has 0 saturated carbocycles. The molecule has 1 aromatic heterocycles. The lowest BCUT2D eigenvalue weighted by Gasteiger charge is -2.35. The Hall–Kier alpha value is -5.96. The van der Waals surface area contributed by atoms with Crippen LogP contribution in [-0.4, -0.2) is 0 Å². The van der Waals surface area contributed by atoms with Crippen LogP contribution in [0.4, 0.5) is 17.1 Å². The number of benzene rings is 8. The summed E-state index contributed by atoms with van der Waals surface area (Å²) < 4.78 is 2.59. The van der Waals surface area contributed by atoms with Crippen molar-refractivity contribution < 1.29 is 0 Å². The van der Waals surface area contributed by atoms with Crippen molar-refractivity contribution in [1.82, 2.24) is 0 Å². The van der Waals surface area contributed by atoms with Gasteiger partial charge in [-0.25, -0.2) is 0 Å². The Morgan fingerprint density at radius 3 is 1.80 bits per heavy atom. The van der Waals surface area contributed by atoms with Crippen LogP contribution in [0.2, 0.25) is 0 Å². The number of hydrogen-bond acceptors (Lipinski definition) is 2. The van der Waals surface area contributed by atoms with Crippen LogP contribution in [0.25, 0.3) is 42.1 Å². The molecule has 1 nitrogen and oxygen atoms in total. The molecule has 0 unspecified atom stereocenters. The molecule has 0 amide bonds.